The molecule has 1 amide bonds. The van der Waals surface area contributed by atoms with Gasteiger partial charge >= 0.3 is 5.97 Å². The zero-order valence-corrected chi connectivity index (χ0v) is 11.1. The zero-order chi connectivity index (χ0) is 14.2. The summed E-state index contributed by atoms with van der Waals surface area (Å²) in [5, 5.41) is 11.8. The van der Waals surface area contributed by atoms with Crippen LogP contribution in [0.5, 0.6) is 5.75 Å². The van der Waals surface area contributed by atoms with Crippen LogP contribution in [0, 0.1) is 17.3 Å². The van der Waals surface area contributed by atoms with E-state index < -0.39 is 23.2 Å². The molecule has 0 aliphatic heterocycles. The number of rotatable bonds is 4. The lowest BCUT2D eigenvalue weighted by Gasteiger charge is -2.07. The maximum Gasteiger partial charge on any atom is 0.307 e. The Balaban J connectivity index is 2.08. The van der Waals surface area contributed by atoms with Gasteiger partial charge in [0.25, 0.3) is 0 Å². The van der Waals surface area contributed by atoms with Crippen molar-refractivity contribution in [1.82, 2.24) is 0 Å². The van der Waals surface area contributed by atoms with E-state index in [0.29, 0.717) is 11.4 Å². The van der Waals surface area contributed by atoms with Gasteiger partial charge < -0.3 is 15.2 Å². The molecule has 1 aliphatic carbocycles. The van der Waals surface area contributed by atoms with Crippen molar-refractivity contribution in [3.05, 3.63) is 24.3 Å². The number of amides is 1. The average molecular weight is 263 g/mol. The first-order valence-electron chi connectivity index (χ1n) is 6.05. The maximum atomic E-state index is 12.1. The molecule has 1 aromatic rings. The van der Waals surface area contributed by atoms with Crippen LogP contribution in [0.2, 0.25) is 0 Å². The monoisotopic (exact) mass is 263 g/mol. The molecule has 19 heavy (non-hydrogen) atoms. The highest BCUT2D eigenvalue weighted by Crippen LogP contribution is 2.58. The molecule has 1 aliphatic rings. The molecular weight excluding hydrogens is 246 g/mol. The molecule has 0 aromatic heterocycles. The maximum absolute atomic E-state index is 12.1. The fourth-order valence-corrected chi connectivity index (χ4v) is 2.51. The summed E-state index contributed by atoms with van der Waals surface area (Å²) < 4.78 is 5.07. The standard InChI is InChI=1S/C14H17NO4/c1-14(2)10(11(14)13(17)18)12(16)15-8-5-4-6-9(7-8)19-3/h4-7,10-11H,1-3H3,(H,15,16)(H,17,18)/t10-,11+/m1/s1. The lowest BCUT2D eigenvalue weighted by molar-refractivity contribution is -0.140. The third kappa shape index (κ3) is 2.41. The van der Waals surface area contributed by atoms with Gasteiger partial charge in [0.2, 0.25) is 5.91 Å². The van der Waals surface area contributed by atoms with Crippen LogP contribution in [0.15, 0.2) is 24.3 Å². The van der Waals surface area contributed by atoms with Gasteiger partial charge in [0.1, 0.15) is 5.75 Å². The van der Waals surface area contributed by atoms with Crippen molar-refractivity contribution in [3.8, 4) is 5.75 Å². The highest BCUT2D eigenvalue weighted by molar-refractivity contribution is 5.99. The molecule has 1 aromatic carbocycles. The molecule has 0 spiro atoms. The summed E-state index contributed by atoms with van der Waals surface area (Å²) >= 11 is 0. The van der Waals surface area contributed by atoms with E-state index in [1.807, 2.05) is 0 Å². The van der Waals surface area contributed by atoms with E-state index in [0.717, 1.165) is 0 Å². The minimum absolute atomic E-state index is 0.259. The molecule has 2 rings (SSSR count). The third-order valence-corrected chi connectivity index (χ3v) is 3.71. The highest BCUT2D eigenvalue weighted by Gasteiger charge is 2.65. The molecule has 2 N–H and O–H groups in total. The summed E-state index contributed by atoms with van der Waals surface area (Å²) in [6.45, 7) is 3.59. The number of nitrogens with one attached hydrogen (secondary N) is 1. The normalized spacial score (nSPS) is 23.5. The number of methoxy groups -OCH3 is 1. The van der Waals surface area contributed by atoms with Crippen molar-refractivity contribution in [3.63, 3.8) is 0 Å². The number of carbonyl (C=O) groups is 2. The topological polar surface area (TPSA) is 75.6 Å². The summed E-state index contributed by atoms with van der Waals surface area (Å²) in [6.07, 6.45) is 0. The van der Waals surface area contributed by atoms with Gasteiger partial charge in [0, 0.05) is 11.8 Å². The van der Waals surface area contributed by atoms with Gasteiger partial charge in [-0.15, -0.1) is 0 Å². The number of carbonyl (C=O) groups excluding carboxylic acids is 1. The lowest BCUT2D eigenvalue weighted by Crippen LogP contribution is -2.17. The van der Waals surface area contributed by atoms with Gasteiger partial charge in [-0.1, -0.05) is 19.9 Å². The molecule has 1 fully saturated rings. The van der Waals surface area contributed by atoms with Gasteiger partial charge in [-0.2, -0.15) is 0 Å². The first-order valence-corrected chi connectivity index (χ1v) is 6.05. The van der Waals surface area contributed by atoms with E-state index in [-0.39, 0.29) is 5.91 Å². The van der Waals surface area contributed by atoms with Crippen molar-refractivity contribution in [1.29, 1.82) is 0 Å². The molecule has 5 heteroatoms. The molecule has 1 saturated carbocycles. The van der Waals surface area contributed by atoms with Crippen LogP contribution < -0.4 is 10.1 Å². The second kappa shape index (κ2) is 4.57. The Bertz CT molecular complexity index is 524. The van der Waals surface area contributed by atoms with Crippen molar-refractivity contribution < 1.29 is 19.4 Å². The SMILES string of the molecule is COc1cccc(NC(=O)[C@H]2[C@@H](C(=O)O)C2(C)C)c1. The Labute approximate surface area is 111 Å². The summed E-state index contributed by atoms with van der Waals surface area (Å²) in [6, 6.07) is 6.98. The van der Waals surface area contributed by atoms with Crippen LogP contribution in [0.1, 0.15) is 13.8 Å². The summed E-state index contributed by atoms with van der Waals surface area (Å²) in [4.78, 5) is 23.1. The number of hydrogen-bond donors (Lipinski definition) is 2. The predicted octanol–water partition coefficient (Wildman–Crippen LogP) is 1.99. The molecule has 0 saturated heterocycles. The fraction of sp³-hybridized carbons (Fsp3) is 0.429. The number of hydrogen-bond acceptors (Lipinski definition) is 3. The first-order chi connectivity index (χ1) is 8.87. The van der Waals surface area contributed by atoms with Gasteiger partial charge in [-0.25, -0.2) is 0 Å². The van der Waals surface area contributed by atoms with Crippen molar-refractivity contribution >= 4 is 17.6 Å². The van der Waals surface area contributed by atoms with Gasteiger partial charge in [0.15, 0.2) is 0 Å². The third-order valence-electron chi connectivity index (χ3n) is 3.71. The quantitative estimate of drug-likeness (QED) is 0.871. The molecule has 0 bridgehead atoms. The minimum Gasteiger partial charge on any atom is -0.497 e. The first kappa shape index (κ1) is 13.4. The number of ether oxygens (including phenoxy) is 1. The van der Waals surface area contributed by atoms with E-state index in [2.05, 4.69) is 5.32 Å². The number of benzene rings is 1. The Hall–Kier alpha value is -2.04. The van der Waals surface area contributed by atoms with Crippen molar-refractivity contribution in [2.24, 2.45) is 17.3 Å². The summed E-state index contributed by atoms with van der Waals surface area (Å²) in [5.74, 6) is -1.64. The fourth-order valence-electron chi connectivity index (χ4n) is 2.51. The average Bonchev–Trinajstić information content (AvgIpc) is 2.93. The van der Waals surface area contributed by atoms with Crippen LogP contribution in [-0.4, -0.2) is 24.1 Å². The van der Waals surface area contributed by atoms with Crippen LogP contribution in [0.25, 0.3) is 0 Å². The van der Waals surface area contributed by atoms with E-state index in [1.54, 1.807) is 45.2 Å². The molecule has 102 valence electrons. The van der Waals surface area contributed by atoms with Crippen LogP contribution in [0.3, 0.4) is 0 Å². The van der Waals surface area contributed by atoms with Gasteiger partial charge in [0.05, 0.1) is 18.9 Å². The minimum atomic E-state index is -0.921. The predicted molar refractivity (Wildman–Crippen MR) is 70.0 cm³/mol. The smallest absolute Gasteiger partial charge is 0.307 e. The van der Waals surface area contributed by atoms with Gasteiger partial charge in [-0.3, -0.25) is 9.59 Å². The Kier molecular flexibility index (Phi) is 3.22. The number of aliphatic carboxylic acids is 1. The van der Waals surface area contributed by atoms with Crippen molar-refractivity contribution in [2.45, 2.75) is 13.8 Å². The number of carboxylic acids is 1. The van der Waals surface area contributed by atoms with Gasteiger partial charge in [-0.05, 0) is 17.5 Å². The Morgan fingerprint density at radius 2 is 2.00 bits per heavy atom. The largest absolute Gasteiger partial charge is 0.497 e. The molecule has 5 nitrogen and oxygen atoms in total. The lowest BCUT2D eigenvalue weighted by atomic mass is 10.1. The summed E-state index contributed by atoms with van der Waals surface area (Å²) in [5.41, 5.74) is 0.116. The molecular formula is C14H17NO4. The van der Waals surface area contributed by atoms with E-state index in [1.165, 1.54) is 0 Å². The summed E-state index contributed by atoms with van der Waals surface area (Å²) in [7, 11) is 1.55. The van der Waals surface area contributed by atoms with Crippen LogP contribution >= 0.6 is 0 Å². The number of anilines is 1. The molecule has 0 radical (unpaired) electrons. The number of carboxylic acid groups (broad SMARTS) is 1. The Morgan fingerprint density at radius 3 is 2.53 bits per heavy atom. The van der Waals surface area contributed by atoms with E-state index >= 15 is 0 Å². The highest BCUT2D eigenvalue weighted by atomic mass is 16.5. The zero-order valence-electron chi connectivity index (χ0n) is 11.1. The van der Waals surface area contributed by atoms with Crippen LogP contribution in [0.4, 0.5) is 5.69 Å². The molecule has 0 heterocycles. The van der Waals surface area contributed by atoms with E-state index in [9.17, 15) is 9.59 Å². The second-order valence-electron chi connectivity index (χ2n) is 5.34. The van der Waals surface area contributed by atoms with Crippen molar-refractivity contribution in [2.75, 3.05) is 12.4 Å². The second-order valence-corrected chi connectivity index (χ2v) is 5.34. The van der Waals surface area contributed by atoms with Crippen LogP contribution in [-0.2, 0) is 9.59 Å². The molecule has 2 atom stereocenters. The molecule has 0 unspecified atom stereocenters. The van der Waals surface area contributed by atoms with E-state index in [4.69, 9.17) is 9.84 Å². The Morgan fingerprint density at radius 1 is 1.32 bits per heavy atom.